The summed E-state index contributed by atoms with van der Waals surface area (Å²) in [5.41, 5.74) is 5.71. The molecule has 4 atom stereocenters. The number of fused-ring (bicyclic) bond motifs is 3. The number of nitrogens with two attached hydrogens (primary N) is 1. The number of hydrogen-bond donors (Lipinski definition) is 5. The number of phenols is 1. The predicted molar refractivity (Wildman–Crippen MR) is 150 cm³/mol. The largest absolute Gasteiger partial charge is 0.510 e. The SMILES string of the molecule is CN(C)c1cc(C#Cc2ccccc2)c(O)c2c1CC1CC3C(N(C)C)C(O)=C(C(N)=O)CC3(O)C(O)=C1C2=O. The minimum absolute atomic E-state index is 0.00198. The van der Waals surface area contributed by atoms with Crippen LogP contribution in [0.1, 0.15) is 39.9 Å². The van der Waals surface area contributed by atoms with Crippen molar-refractivity contribution in [1.29, 1.82) is 0 Å². The quantitative estimate of drug-likeness (QED) is 0.371. The molecule has 2 aromatic rings. The molecular weight excluding hydrogens is 510 g/mol. The van der Waals surface area contributed by atoms with E-state index in [2.05, 4.69) is 11.8 Å². The summed E-state index contributed by atoms with van der Waals surface area (Å²) in [4.78, 5) is 29.8. The zero-order valence-corrected chi connectivity index (χ0v) is 22.9. The predicted octanol–water partition coefficient (Wildman–Crippen LogP) is 2.41. The molecule has 0 fully saturated rings. The van der Waals surface area contributed by atoms with Crippen molar-refractivity contribution < 1.29 is 30.0 Å². The Hall–Kier alpha value is -4.26. The van der Waals surface area contributed by atoms with Gasteiger partial charge in [0.15, 0.2) is 5.78 Å². The summed E-state index contributed by atoms with van der Waals surface area (Å²) in [7, 11) is 7.07. The zero-order valence-electron chi connectivity index (χ0n) is 22.9. The topological polar surface area (TPSA) is 148 Å². The lowest BCUT2D eigenvalue weighted by molar-refractivity contribution is -0.118. The van der Waals surface area contributed by atoms with Crippen molar-refractivity contribution in [2.24, 2.45) is 17.6 Å². The van der Waals surface area contributed by atoms with Crippen molar-refractivity contribution in [3.8, 4) is 17.6 Å². The van der Waals surface area contributed by atoms with Crippen LogP contribution in [-0.2, 0) is 11.2 Å². The van der Waals surface area contributed by atoms with Gasteiger partial charge in [0.2, 0.25) is 5.91 Å². The third-order valence-electron chi connectivity index (χ3n) is 8.40. The van der Waals surface area contributed by atoms with Crippen LogP contribution in [-0.4, -0.2) is 76.9 Å². The first-order chi connectivity index (χ1) is 18.9. The van der Waals surface area contributed by atoms with Crippen LogP contribution < -0.4 is 10.6 Å². The van der Waals surface area contributed by atoms with Crippen molar-refractivity contribution in [1.82, 2.24) is 4.90 Å². The summed E-state index contributed by atoms with van der Waals surface area (Å²) in [6.07, 6.45) is 0.139. The lowest BCUT2D eigenvalue weighted by Gasteiger charge is -2.51. The van der Waals surface area contributed by atoms with Gasteiger partial charge in [0.05, 0.1) is 22.7 Å². The van der Waals surface area contributed by atoms with Crippen LogP contribution >= 0.6 is 0 Å². The van der Waals surface area contributed by atoms with Crippen LogP contribution in [0, 0.1) is 23.7 Å². The molecule has 0 saturated heterocycles. The van der Waals surface area contributed by atoms with Crippen molar-refractivity contribution in [2.45, 2.75) is 30.9 Å². The molecule has 208 valence electrons. The number of anilines is 1. The first-order valence-corrected chi connectivity index (χ1v) is 13.1. The molecule has 5 rings (SSSR count). The summed E-state index contributed by atoms with van der Waals surface area (Å²) in [6, 6.07) is 10.2. The zero-order chi connectivity index (χ0) is 29.1. The fraction of sp³-hybridized carbons (Fsp3) is 0.355. The Labute approximate surface area is 232 Å². The lowest BCUT2D eigenvalue weighted by atomic mass is 9.59. The van der Waals surface area contributed by atoms with Gasteiger partial charge in [0, 0.05) is 43.3 Å². The van der Waals surface area contributed by atoms with Gasteiger partial charge in [-0.25, -0.2) is 0 Å². The van der Waals surface area contributed by atoms with Crippen molar-refractivity contribution in [3.63, 3.8) is 0 Å². The van der Waals surface area contributed by atoms with E-state index in [9.17, 15) is 30.0 Å². The first-order valence-electron chi connectivity index (χ1n) is 13.1. The molecule has 0 bridgehead atoms. The molecule has 6 N–H and O–H groups in total. The van der Waals surface area contributed by atoms with Crippen LogP contribution in [0.25, 0.3) is 0 Å². The number of likely N-dealkylation sites (N-methyl/N-ethyl adjacent to an activating group) is 1. The molecule has 0 saturated carbocycles. The molecule has 0 radical (unpaired) electrons. The molecule has 9 nitrogen and oxygen atoms in total. The highest BCUT2D eigenvalue weighted by Crippen LogP contribution is 2.54. The van der Waals surface area contributed by atoms with Gasteiger partial charge in [-0.2, -0.15) is 0 Å². The van der Waals surface area contributed by atoms with E-state index in [1.807, 2.05) is 49.3 Å². The van der Waals surface area contributed by atoms with Crippen LogP contribution in [0.3, 0.4) is 0 Å². The molecule has 3 aliphatic carbocycles. The van der Waals surface area contributed by atoms with E-state index in [0.717, 1.165) is 5.56 Å². The fourth-order valence-electron chi connectivity index (χ4n) is 6.54. The summed E-state index contributed by atoms with van der Waals surface area (Å²) in [5, 5.41) is 45.7. The van der Waals surface area contributed by atoms with E-state index >= 15 is 0 Å². The number of Topliss-reactive ketones (excluding diaryl/α,β-unsaturated/α-hetero) is 1. The van der Waals surface area contributed by atoms with E-state index in [1.165, 1.54) is 0 Å². The normalized spacial score (nSPS) is 25.6. The minimum Gasteiger partial charge on any atom is -0.510 e. The molecule has 9 heteroatoms. The van der Waals surface area contributed by atoms with Gasteiger partial charge in [-0.1, -0.05) is 30.0 Å². The maximum atomic E-state index is 14.1. The van der Waals surface area contributed by atoms with E-state index in [1.54, 1.807) is 25.1 Å². The van der Waals surface area contributed by atoms with Gasteiger partial charge in [-0.3, -0.25) is 14.5 Å². The number of aliphatic hydroxyl groups excluding tert-OH is 2. The number of ketones is 1. The second-order valence-electron chi connectivity index (χ2n) is 11.2. The molecule has 0 spiro atoms. The maximum Gasteiger partial charge on any atom is 0.248 e. The number of aliphatic hydroxyl groups is 3. The van der Waals surface area contributed by atoms with E-state index in [0.29, 0.717) is 17.7 Å². The Morgan fingerprint density at radius 1 is 1.07 bits per heavy atom. The summed E-state index contributed by atoms with van der Waals surface area (Å²) < 4.78 is 0. The number of aromatic hydroxyl groups is 1. The monoisotopic (exact) mass is 543 g/mol. The highest BCUT2D eigenvalue weighted by Gasteiger charge is 2.58. The smallest absolute Gasteiger partial charge is 0.248 e. The number of carbonyl (C=O) groups excluding carboxylic acids is 2. The molecule has 40 heavy (non-hydrogen) atoms. The van der Waals surface area contributed by atoms with Gasteiger partial charge in [-0.15, -0.1) is 0 Å². The number of rotatable bonds is 3. The number of carbonyl (C=O) groups is 2. The standard InChI is InChI=1S/C31H33N3O6/c1-33(2)22-14-17(11-10-16-8-6-5-7-9-16)26(35)24-19(22)12-18-13-21-25(34(3)4)27(36)20(30(32)39)15-31(21,40)29(38)23(18)28(24)37/h5-9,14,18,21,25,35-36,38,40H,12-13,15H2,1-4H3,(H2,32,39). The van der Waals surface area contributed by atoms with E-state index < -0.39 is 47.3 Å². The van der Waals surface area contributed by atoms with Gasteiger partial charge < -0.3 is 31.1 Å². The van der Waals surface area contributed by atoms with Gasteiger partial charge in [0.1, 0.15) is 22.9 Å². The second-order valence-corrected chi connectivity index (χ2v) is 11.2. The Morgan fingerprint density at radius 3 is 2.35 bits per heavy atom. The molecule has 3 aliphatic rings. The number of primary amides is 1. The minimum atomic E-state index is -2.00. The van der Waals surface area contributed by atoms with Gasteiger partial charge in [-0.05, 0) is 56.6 Å². The Morgan fingerprint density at radius 2 is 1.75 bits per heavy atom. The number of hydrogen-bond acceptors (Lipinski definition) is 8. The summed E-state index contributed by atoms with van der Waals surface area (Å²) in [5.74, 6) is 2.20. The van der Waals surface area contributed by atoms with Crippen LogP contribution in [0.2, 0.25) is 0 Å². The molecule has 0 heterocycles. The Bertz CT molecular complexity index is 1550. The Balaban J connectivity index is 1.68. The molecule has 2 aromatic carbocycles. The average Bonchev–Trinajstić information content (AvgIpc) is 2.89. The highest BCUT2D eigenvalue weighted by molar-refractivity contribution is 6.14. The van der Waals surface area contributed by atoms with Crippen molar-refractivity contribution in [3.05, 3.63) is 81.3 Å². The molecule has 0 aromatic heterocycles. The number of amides is 1. The molecular formula is C31H33N3O6. The van der Waals surface area contributed by atoms with E-state index in [-0.39, 0.29) is 40.2 Å². The molecule has 0 aliphatic heterocycles. The second kappa shape index (κ2) is 9.73. The number of phenolic OH excluding ortho intramolecular Hbond substituents is 1. The lowest BCUT2D eigenvalue weighted by Crippen LogP contribution is -2.59. The van der Waals surface area contributed by atoms with Crippen molar-refractivity contribution >= 4 is 17.4 Å². The highest BCUT2D eigenvalue weighted by atomic mass is 16.3. The van der Waals surface area contributed by atoms with Gasteiger partial charge >= 0.3 is 0 Å². The third kappa shape index (κ3) is 4.12. The average molecular weight is 544 g/mol. The maximum absolute atomic E-state index is 14.1. The van der Waals surface area contributed by atoms with Gasteiger partial charge in [0.25, 0.3) is 0 Å². The van der Waals surface area contributed by atoms with Crippen LogP contribution in [0.15, 0.2) is 59.1 Å². The molecule has 1 amide bonds. The molecule has 4 unspecified atom stereocenters. The van der Waals surface area contributed by atoms with Crippen LogP contribution in [0.5, 0.6) is 5.75 Å². The summed E-state index contributed by atoms with van der Waals surface area (Å²) in [6.45, 7) is 0. The third-order valence-corrected chi connectivity index (χ3v) is 8.40. The first kappa shape index (κ1) is 27.3. The fourth-order valence-corrected chi connectivity index (χ4v) is 6.54. The number of benzene rings is 2. The van der Waals surface area contributed by atoms with E-state index in [4.69, 9.17) is 5.73 Å². The summed E-state index contributed by atoms with van der Waals surface area (Å²) >= 11 is 0. The number of allylic oxidation sites excluding steroid dienone is 1. The van der Waals surface area contributed by atoms with Crippen molar-refractivity contribution in [2.75, 3.05) is 33.1 Å². The Kier molecular flexibility index (Phi) is 6.65. The number of nitrogens with zero attached hydrogens (tertiary/aromatic N) is 2. The van der Waals surface area contributed by atoms with Crippen LogP contribution in [0.4, 0.5) is 5.69 Å².